The number of sulfonamides is 1. The fourth-order valence-corrected chi connectivity index (χ4v) is 4.52. The largest absolute Gasteiger partial charge is 0.300 e. The van der Waals surface area contributed by atoms with Gasteiger partial charge in [-0.1, -0.05) is 30.3 Å². The summed E-state index contributed by atoms with van der Waals surface area (Å²) in [5.41, 5.74) is 2.95. The zero-order valence-corrected chi connectivity index (χ0v) is 16.0. The standard InChI is InChI=1S/C20H22N4O2S/c1-27(25,26)23-12-5-8-17(15-23)19-14-18(9-10-21-19)24-13-11-22-20(24)16-6-3-2-4-7-16/h2-4,6-7,9-11,13-14,17H,5,8,12,15H2,1H3/t17-/m1/s1. The Labute approximate surface area is 159 Å². The Bertz CT molecular complexity index is 1030. The molecule has 1 aromatic carbocycles. The maximum absolute atomic E-state index is 11.9. The van der Waals surface area contributed by atoms with Crippen molar-refractivity contribution in [2.45, 2.75) is 18.8 Å². The molecule has 7 heteroatoms. The molecule has 1 fully saturated rings. The van der Waals surface area contributed by atoms with Gasteiger partial charge in [-0.3, -0.25) is 9.55 Å². The average Bonchev–Trinajstić information content (AvgIpc) is 3.18. The summed E-state index contributed by atoms with van der Waals surface area (Å²) in [7, 11) is -3.17. The van der Waals surface area contributed by atoms with Crippen LogP contribution in [0.25, 0.3) is 17.1 Å². The Balaban J connectivity index is 1.66. The van der Waals surface area contributed by atoms with Gasteiger partial charge in [0.2, 0.25) is 10.0 Å². The molecule has 27 heavy (non-hydrogen) atoms. The van der Waals surface area contributed by atoms with Crippen LogP contribution >= 0.6 is 0 Å². The van der Waals surface area contributed by atoms with Crippen LogP contribution in [0.15, 0.2) is 61.1 Å². The van der Waals surface area contributed by atoms with Gasteiger partial charge < -0.3 is 0 Å². The summed E-state index contributed by atoms with van der Waals surface area (Å²) < 4.78 is 27.4. The van der Waals surface area contributed by atoms with Crippen molar-refractivity contribution >= 4 is 10.0 Å². The van der Waals surface area contributed by atoms with Gasteiger partial charge in [0, 0.05) is 48.9 Å². The molecule has 6 nitrogen and oxygen atoms in total. The summed E-state index contributed by atoms with van der Waals surface area (Å²) in [6.45, 7) is 1.08. The molecule has 0 radical (unpaired) electrons. The van der Waals surface area contributed by atoms with Crippen molar-refractivity contribution in [2.24, 2.45) is 0 Å². The first-order valence-electron chi connectivity index (χ1n) is 9.02. The first kappa shape index (κ1) is 17.9. The number of hydrogen-bond donors (Lipinski definition) is 0. The number of imidazole rings is 1. The molecule has 0 bridgehead atoms. The van der Waals surface area contributed by atoms with Crippen LogP contribution in [-0.4, -0.2) is 46.6 Å². The van der Waals surface area contributed by atoms with Crippen LogP contribution in [0.3, 0.4) is 0 Å². The highest BCUT2D eigenvalue weighted by Crippen LogP contribution is 2.29. The number of piperidine rings is 1. The predicted octanol–water partition coefficient (Wildman–Crippen LogP) is 3.07. The Morgan fingerprint density at radius 1 is 1.07 bits per heavy atom. The van der Waals surface area contributed by atoms with Crippen LogP contribution in [0.1, 0.15) is 24.5 Å². The van der Waals surface area contributed by atoms with E-state index in [4.69, 9.17) is 0 Å². The van der Waals surface area contributed by atoms with Gasteiger partial charge in [-0.05, 0) is 25.0 Å². The summed E-state index contributed by atoms with van der Waals surface area (Å²) in [5, 5.41) is 0. The van der Waals surface area contributed by atoms with Gasteiger partial charge in [-0.2, -0.15) is 0 Å². The number of benzene rings is 1. The number of aromatic nitrogens is 3. The van der Waals surface area contributed by atoms with Crippen molar-refractivity contribution in [3.8, 4) is 17.1 Å². The van der Waals surface area contributed by atoms with Gasteiger partial charge in [0.05, 0.1) is 11.9 Å². The third kappa shape index (κ3) is 3.79. The highest BCUT2D eigenvalue weighted by atomic mass is 32.2. The molecule has 0 N–H and O–H groups in total. The second kappa shape index (κ2) is 7.25. The van der Waals surface area contributed by atoms with E-state index in [1.807, 2.05) is 53.2 Å². The number of nitrogens with zero attached hydrogens (tertiary/aromatic N) is 4. The van der Waals surface area contributed by atoms with Gasteiger partial charge in [0.25, 0.3) is 0 Å². The Morgan fingerprint density at radius 2 is 1.89 bits per heavy atom. The van der Waals surface area contributed by atoms with Crippen molar-refractivity contribution in [3.05, 3.63) is 66.7 Å². The van der Waals surface area contributed by atoms with E-state index in [-0.39, 0.29) is 5.92 Å². The summed E-state index contributed by atoms with van der Waals surface area (Å²) in [6, 6.07) is 14.0. The molecule has 3 aromatic rings. The first-order valence-corrected chi connectivity index (χ1v) is 10.9. The summed E-state index contributed by atoms with van der Waals surface area (Å²) in [6.07, 6.45) is 8.58. The Kier molecular flexibility index (Phi) is 4.80. The second-order valence-electron chi connectivity index (χ2n) is 6.89. The van der Waals surface area contributed by atoms with Crippen LogP contribution < -0.4 is 0 Å². The molecule has 140 valence electrons. The van der Waals surface area contributed by atoms with Gasteiger partial charge in [-0.15, -0.1) is 0 Å². The number of rotatable bonds is 4. The molecule has 2 aromatic heterocycles. The summed E-state index contributed by atoms with van der Waals surface area (Å²) >= 11 is 0. The van der Waals surface area contributed by atoms with Crippen LogP contribution in [0.4, 0.5) is 0 Å². The molecular weight excluding hydrogens is 360 g/mol. The Morgan fingerprint density at radius 3 is 2.67 bits per heavy atom. The average molecular weight is 382 g/mol. The van der Waals surface area contributed by atoms with E-state index in [2.05, 4.69) is 9.97 Å². The number of hydrogen-bond acceptors (Lipinski definition) is 4. The monoisotopic (exact) mass is 382 g/mol. The molecule has 1 aliphatic heterocycles. The lowest BCUT2D eigenvalue weighted by Gasteiger charge is -2.30. The van der Waals surface area contributed by atoms with E-state index in [1.165, 1.54) is 6.26 Å². The molecule has 0 amide bonds. The molecule has 1 aliphatic rings. The lowest BCUT2D eigenvalue weighted by Crippen LogP contribution is -2.38. The molecule has 4 rings (SSSR count). The molecule has 0 saturated carbocycles. The molecule has 1 atom stereocenters. The van der Waals surface area contributed by atoms with Crippen molar-refractivity contribution in [3.63, 3.8) is 0 Å². The first-order chi connectivity index (χ1) is 13.0. The van der Waals surface area contributed by atoms with Crippen molar-refractivity contribution in [1.29, 1.82) is 0 Å². The maximum atomic E-state index is 11.9. The fraction of sp³-hybridized carbons (Fsp3) is 0.300. The van der Waals surface area contributed by atoms with Gasteiger partial charge in [0.1, 0.15) is 5.82 Å². The molecule has 1 saturated heterocycles. The quantitative estimate of drug-likeness (QED) is 0.695. The van der Waals surface area contributed by atoms with Crippen molar-refractivity contribution in [2.75, 3.05) is 19.3 Å². The van der Waals surface area contributed by atoms with Gasteiger partial charge >= 0.3 is 0 Å². The lowest BCUT2D eigenvalue weighted by molar-refractivity contribution is 0.314. The minimum absolute atomic E-state index is 0.108. The summed E-state index contributed by atoms with van der Waals surface area (Å²) in [4.78, 5) is 9.04. The predicted molar refractivity (Wildman–Crippen MR) is 105 cm³/mol. The Hall–Kier alpha value is -2.51. The minimum atomic E-state index is -3.17. The van der Waals surface area contributed by atoms with Gasteiger partial charge in [-0.25, -0.2) is 17.7 Å². The van der Waals surface area contributed by atoms with E-state index in [9.17, 15) is 8.42 Å². The van der Waals surface area contributed by atoms with E-state index < -0.39 is 10.0 Å². The zero-order chi connectivity index (χ0) is 18.9. The normalized spacial score (nSPS) is 18.5. The molecule has 0 spiro atoms. The van der Waals surface area contributed by atoms with Crippen molar-refractivity contribution < 1.29 is 8.42 Å². The van der Waals surface area contributed by atoms with E-state index in [0.29, 0.717) is 13.1 Å². The van der Waals surface area contributed by atoms with Crippen LogP contribution in [-0.2, 0) is 10.0 Å². The third-order valence-electron chi connectivity index (χ3n) is 4.99. The smallest absolute Gasteiger partial charge is 0.211 e. The van der Waals surface area contributed by atoms with Crippen LogP contribution in [0.5, 0.6) is 0 Å². The van der Waals surface area contributed by atoms with Gasteiger partial charge in [0.15, 0.2) is 0 Å². The molecule has 3 heterocycles. The van der Waals surface area contributed by atoms with Crippen LogP contribution in [0.2, 0.25) is 0 Å². The maximum Gasteiger partial charge on any atom is 0.211 e. The van der Waals surface area contributed by atoms with Crippen LogP contribution in [0, 0.1) is 0 Å². The number of pyridine rings is 1. The van der Waals surface area contributed by atoms with E-state index >= 15 is 0 Å². The summed E-state index contributed by atoms with van der Waals surface area (Å²) in [5.74, 6) is 0.978. The zero-order valence-electron chi connectivity index (χ0n) is 15.2. The SMILES string of the molecule is CS(=O)(=O)N1CCC[C@@H](c2cc(-n3ccnc3-c3ccccc3)ccn2)C1. The molecule has 0 unspecified atom stereocenters. The van der Waals surface area contributed by atoms with E-state index in [0.717, 1.165) is 35.6 Å². The highest BCUT2D eigenvalue weighted by Gasteiger charge is 2.27. The highest BCUT2D eigenvalue weighted by molar-refractivity contribution is 7.88. The third-order valence-corrected chi connectivity index (χ3v) is 6.26. The fourth-order valence-electron chi connectivity index (χ4n) is 3.61. The second-order valence-corrected chi connectivity index (χ2v) is 8.87. The van der Waals surface area contributed by atoms with Crippen molar-refractivity contribution in [1.82, 2.24) is 18.8 Å². The van der Waals surface area contributed by atoms with E-state index in [1.54, 1.807) is 16.7 Å². The molecular formula is C20H22N4O2S. The minimum Gasteiger partial charge on any atom is -0.300 e. The topological polar surface area (TPSA) is 68.1 Å². The lowest BCUT2D eigenvalue weighted by atomic mass is 9.95. The molecule has 0 aliphatic carbocycles.